The van der Waals surface area contributed by atoms with E-state index in [1.165, 1.54) is 36.0 Å². The summed E-state index contributed by atoms with van der Waals surface area (Å²) in [5, 5.41) is 7.11. The number of halogens is 1. The molecule has 6 nitrogen and oxygen atoms in total. The first-order valence-electron chi connectivity index (χ1n) is 9.48. The number of hydrogen-bond donors (Lipinski definition) is 2. The zero-order chi connectivity index (χ0) is 21.8. The first-order chi connectivity index (χ1) is 15.0. The number of carbonyl (C=O) groups excluding carboxylic acids is 2. The van der Waals surface area contributed by atoms with E-state index >= 15 is 0 Å². The molecule has 158 valence electrons. The average molecular weight is 455 g/mol. The van der Waals surface area contributed by atoms with Crippen LogP contribution in [-0.2, 0) is 9.59 Å². The third-order valence-corrected chi connectivity index (χ3v) is 6.42. The van der Waals surface area contributed by atoms with Gasteiger partial charge in [-0.3, -0.25) is 14.0 Å². The van der Waals surface area contributed by atoms with E-state index in [-0.39, 0.29) is 23.4 Å². The number of hydrogen-bond acceptors (Lipinski definition) is 5. The highest BCUT2D eigenvalue weighted by molar-refractivity contribution is 8.01. The van der Waals surface area contributed by atoms with Gasteiger partial charge in [-0.05, 0) is 43.3 Å². The normalized spacial score (nSPS) is 11.9. The number of thiazole rings is 1. The summed E-state index contributed by atoms with van der Waals surface area (Å²) in [6.45, 7) is 1.75. The second-order valence-electron chi connectivity index (χ2n) is 6.79. The zero-order valence-corrected chi connectivity index (χ0v) is 18.2. The number of thioether (sulfide) groups is 1. The van der Waals surface area contributed by atoms with E-state index in [1.54, 1.807) is 18.3 Å². The molecule has 0 aliphatic rings. The number of amides is 2. The Labute approximate surface area is 186 Å². The second kappa shape index (κ2) is 9.32. The molecular weight excluding hydrogens is 435 g/mol. The van der Waals surface area contributed by atoms with Crippen molar-refractivity contribution in [2.24, 2.45) is 0 Å². The molecule has 0 saturated carbocycles. The summed E-state index contributed by atoms with van der Waals surface area (Å²) in [5.41, 5.74) is 3.04. The van der Waals surface area contributed by atoms with Crippen molar-refractivity contribution < 1.29 is 14.0 Å². The highest BCUT2D eigenvalue weighted by Gasteiger charge is 2.16. The molecule has 0 spiro atoms. The Morgan fingerprint density at radius 2 is 1.77 bits per heavy atom. The first kappa shape index (κ1) is 21.1. The molecule has 2 heterocycles. The van der Waals surface area contributed by atoms with Crippen LogP contribution in [0.1, 0.15) is 6.92 Å². The van der Waals surface area contributed by atoms with Gasteiger partial charge < -0.3 is 10.6 Å². The van der Waals surface area contributed by atoms with Crippen molar-refractivity contribution in [1.29, 1.82) is 0 Å². The standard InChI is InChI=1S/C22H19FN4O2S2/c1-14(31-13-20(28)24-17-8-4-16(23)5-9-17)21(29)25-18-6-2-15(3-7-18)19-12-27-10-11-30-22(27)26-19/h2-12,14H,13H2,1H3,(H,24,28)(H,25,29). The van der Waals surface area contributed by atoms with Crippen molar-refractivity contribution in [3.8, 4) is 11.3 Å². The van der Waals surface area contributed by atoms with E-state index in [9.17, 15) is 14.0 Å². The van der Waals surface area contributed by atoms with Gasteiger partial charge in [-0.25, -0.2) is 9.37 Å². The highest BCUT2D eigenvalue weighted by Crippen LogP contribution is 2.23. The number of carbonyl (C=O) groups is 2. The van der Waals surface area contributed by atoms with E-state index < -0.39 is 5.25 Å². The fourth-order valence-electron chi connectivity index (χ4n) is 2.84. The van der Waals surface area contributed by atoms with E-state index in [4.69, 9.17) is 0 Å². The van der Waals surface area contributed by atoms with Crippen LogP contribution in [0, 0.1) is 5.82 Å². The Morgan fingerprint density at radius 1 is 1.10 bits per heavy atom. The summed E-state index contributed by atoms with van der Waals surface area (Å²) in [4.78, 5) is 30.0. The summed E-state index contributed by atoms with van der Waals surface area (Å²) in [6, 6.07) is 13.0. The first-order valence-corrected chi connectivity index (χ1v) is 11.4. The number of imidazole rings is 1. The quantitative estimate of drug-likeness (QED) is 0.416. The molecule has 0 saturated heterocycles. The molecule has 0 aliphatic heterocycles. The molecule has 1 unspecified atom stereocenters. The summed E-state index contributed by atoms with van der Waals surface area (Å²) in [7, 11) is 0. The van der Waals surface area contributed by atoms with Gasteiger partial charge in [-0.2, -0.15) is 0 Å². The lowest BCUT2D eigenvalue weighted by atomic mass is 10.1. The van der Waals surface area contributed by atoms with Crippen molar-refractivity contribution >= 4 is 51.2 Å². The van der Waals surface area contributed by atoms with E-state index in [0.717, 1.165) is 16.2 Å². The summed E-state index contributed by atoms with van der Waals surface area (Å²) in [5.74, 6) is -0.687. The summed E-state index contributed by atoms with van der Waals surface area (Å²) < 4.78 is 14.9. The molecule has 0 radical (unpaired) electrons. The number of rotatable bonds is 7. The van der Waals surface area contributed by atoms with Crippen LogP contribution in [0.2, 0.25) is 0 Å². The SMILES string of the molecule is CC(SCC(=O)Nc1ccc(F)cc1)C(=O)Nc1ccc(-c2cn3ccsc3n2)cc1. The van der Waals surface area contributed by atoms with Crippen molar-refractivity contribution in [3.05, 3.63) is 72.1 Å². The number of benzene rings is 2. The Hall–Kier alpha value is -3.17. The van der Waals surface area contributed by atoms with Gasteiger partial charge >= 0.3 is 0 Å². The fraction of sp³-hybridized carbons (Fsp3) is 0.136. The molecule has 1 atom stereocenters. The molecule has 2 N–H and O–H groups in total. The highest BCUT2D eigenvalue weighted by atomic mass is 32.2. The summed E-state index contributed by atoms with van der Waals surface area (Å²) >= 11 is 2.80. The predicted molar refractivity (Wildman–Crippen MR) is 124 cm³/mol. The number of anilines is 2. The molecular formula is C22H19FN4O2S2. The molecule has 31 heavy (non-hydrogen) atoms. The van der Waals surface area contributed by atoms with Crippen molar-refractivity contribution in [1.82, 2.24) is 9.38 Å². The number of nitrogens with one attached hydrogen (secondary N) is 2. The average Bonchev–Trinajstić information content (AvgIpc) is 3.36. The second-order valence-corrected chi connectivity index (χ2v) is 9.00. The minimum atomic E-state index is -0.418. The van der Waals surface area contributed by atoms with Gasteiger partial charge in [0.15, 0.2) is 4.96 Å². The fourth-order valence-corrected chi connectivity index (χ4v) is 4.23. The zero-order valence-electron chi connectivity index (χ0n) is 16.5. The lowest BCUT2D eigenvalue weighted by molar-refractivity contribution is -0.115. The maximum atomic E-state index is 12.9. The predicted octanol–water partition coefficient (Wildman–Crippen LogP) is 4.90. The van der Waals surface area contributed by atoms with E-state index in [0.29, 0.717) is 11.4 Å². The molecule has 4 aromatic rings. The minimum Gasteiger partial charge on any atom is -0.325 e. The molecule has 2 aromatic carbocycles. The van der Waals surface area contributed by atoms with Crippen molar-refractivity contribution in [2.45, 2.75) is 12.2 Å². The molecule has 0 aliphatic carbocycles. The summed E-state index contributed by atoms with van der Waals surface area (Å²) in [6.07, 6.45) is 3.93. The van der Waals surface area contributed by atoms with Gasteiger partial charge in [0.25, 0.3) is 0 Å². The number of nitrogens with zero attached hydrogens (tertiary/aromatic N) is 2. The Bertz CT molecular complexity index is 1170. The molecule has 2 amide bonds. The minimum absolute atomic E-state index is 0.113. The van der Waals surface area contributed by atoms with Crippen LogP contribution in [0.15, 0.2) is 66.3 Å². The lowest BCUT2D eigenvalue weighted by Crippen LogP contribution is -2.25. The van der Waals surface area contributed by atoms with E-state index in [1.807, 2.05) is 46.4 Å². The van der Waals surface area contributed by atoms with Crippen LogP contribution in [0.4, 0.5) is 15.8 Å². The lowest BCUT2D eigenvalue weighted by Gasteiger charge is -2.12. The van der Waals surface area contributed by atoms with Crippen LogP contribution < -0.4 is 10.6 Å². The van der Waals surface area contributed by atoms with Gasteiger partial charge in [0, 0.05) is 34.7 Å². The third kappa shape index (κ3) is 5.31. The van der Waals surface area contributed by atoms with Crippen molar-refractivity contribution in [2.75, 3.05) is 16.4 Å². The molecule has 0 bridgehead atoms. The van der Waals surface area contributed by atoms with E-state index in [2.05, 4.69) is 15.6 Å². The van der Waals surface area contributed by atoms with Crippen LogP contribution in [0.25, 0.3) is 16.2 Å². The monoisotopic (exact) mass is 454 g/mol. The Kier molecular flexibility index (Phi) is 6.34. The largest absolute Gasteiger partial charge is 0.325 e. The maximum Gasteiger partial charge on any atom is 0.237 e. The number of aromatic nitrogens is 2. The topological polar surface area (TPSA) is 75.5 Å². The van der Waals surface area contributed by atoms with Gasteiger partial charge in [-0.15, -0.1) is 23.1 Å². The van der Waals surface area contributed by atoms with Crippen LogP contribution in [-0.4, -0.2) is 32.2 Å². The van der Waals surface area contributed by atoms with Gasteiger partial charge in [-0.1, -0.05) is 12.1 Å². The van der Waals surface area contributed by atoms with Crippen LogP contribution in [0.3, 0.4) is 0 Å². The number of fused-ring (bicyclic) bond motifs is 1. The van der Waals surface area contributed by atoms with Gasteiger partial charge in [0.05, 0.1) is 16.7 Å². The van der Waals surface area contributed by atoms with Crippen LogP contribution in [0.5, 0.6) is 0 Å². The van der Waals surface area contributed by atoms with Crippen molar-refractivity contribution in [3.63, 3.8) is 0 Å². The van der Waals surface area contributed by atoms with Gasteiger partial charge in [0.1, 0.15) is 5.82 Å². The molecule has 0 fully saturated rings. The van der Waals surface area contributed by atoms with Gasteiger partial charge in [0.2, 0.25) is 11.8 Å². The Morgan fingerprint density at radius 3 is 2.48 bits per heavy atom. The molecule has 9 heteroatoms. The molecule has 2 aromatic heterocycles. The third-order valence-electron chi connectivity index (χ3n) is 4.50. The maximum absolute atomic E-state index is 12.9. The Balaban J connectivity index is 1.27. The van der Waals surface area contributed by atoms with Crippen LogP contribution >= 0.6 is 23.1 Å². The molecule has 4 rings (SSSR count). The smallest absolute Gasteiger partial charge is 0.237 e.